The fourth-order valence-corrected chi connectivity index (χ4v) is 5.53. The molecule has 0 radical (unpaired) electrons. The van der Waals surface area contributed by atoms with Crippen molar-refractivity contribution >= 4 is 10.0 Å². The lowest BCUT2D eigenvalue weighted by Crippen LogP contribution is -2.53. The summed E-state index contributed by atoms with van der Waals surface area (Å²) in [6, 6.07) is 9.20. The van der Waals surface area contributed by atoms with Crippen molar-refractivity contribution in [1.82, 2.24) is 9.21 Å². The second-order valence-electron chi connectivity index (χ2n) is 6.70. The van der Waals surface area contributed by atoms with E-state index in [4.69, 9.17) is 4.74 Å². The third-order valence-electron chi connectivity index (χ3n) is 5.63. The van der Waals surface area contributed by atoms with Gasteiger partial charge in [0.1, 0.15) is 0 Å². The largest absolute Gasteiger partial charge is 0.383 e. The second kappa shape index (κ2) is 6.51. The molecule has 2 fully saturated rings. The Morgan fingerprint density at radius 2 is 1.83 bits per heavy atom. The van der Waals surface area contributed by atoms with Gasteiger partial charge in [-0.15, -0.1) is 0 Å². The molecule has 0 amide bonds. The molecule has 6 heteroatoms. The van der Waals surface area contributed by atoms with E-state index in [0.29, 0.717) is 24.0 Å². The van der Waals surface area contributed by atoms with Gasteiger partial charge in [-0.2, -0.15) is 4.31 Å². The number of benzene rings is 1. The molecule has 2 heterocycles. The molecule has 5 nitrogen and oxygen atoms in total. The number of nitrogens with zero attached hydrogens (tertiary/aromatic N) is 2. The SMILES string of the molecule is COC[C@@H]1CCC2(CCN(S(=O)(=O)c3ccccc3)CC2)N1C. The number of ether oxygens (including phenoxy) is 1. The molecule has 128 valence electrons. The lowest BCUT2D eigenvalue weighted by atomic mass is 9.86. The minimum atomic E-state index is -3.36. The van der Waals surface area contributed by atoms with Crippen LogP contribution in [0.5, 0.6) is 0 Å². The third-order valence-corrected chi connectivity index (χ3v) is 7.54. The van der Waals surface area contributed by atoms with Crippen LogP contribution in [0.2, 0.25) is 0 Å². The molecule has 1 spiro atoms. The number of hydrogen-bond donors (Lipinski definition) is 0. The van der Waals surface area contributed by atoms with E-state index in [1.54, 1.807) is 35.7 Å². The van der Waals surface area contributed by atoms with Crippen molar-refractivity contribution in [3.8, 4) is 0 Å². The molecule has 0 saturated carbocycles. The Morgan fingerprint density at radius 1 is 1.17 bits per heavy atom. The molecular weight excluding hydrogens is 312 g/mol. The molecule has 0 bridgehead atoms. The highest BCUT2D eigenvalue weighted by Crippen LogP contribution is 2.41. The van der Waals surface area contributed by atoms with E-state index in [1.165, 1.54) is 0 Å². The van der Waals surface area contributed by atoms with E-state index in [1.807, 2.05) is 6.07 Å². The molecule has 1 aromatic rings. The van der Waals surface area contributed by atoms with Gasteiger partial charge >= 0.3 is 0 Å². The number of hydrogen-bond acceptors (Lipinski definition) is 4. The van der Waals surface area contributed by atoms with Gasteiger partial charge in [-0.3, -0.25) is 4.90 Å². The molecule has 2 aliphatic rings. The fourth-order valence-electron chi connectivity index (χ4n) is 4.07. The van der Waals surface area contributed by atoms with Crippen molar-refractivity contribution in [2.75, 3.05) is 33.9 Å². The van der Waals surface area contributed by atoms with Gasteiger partial charge in [-0.05, 0) is 44.9 Å². The summed E-state index contributed by atoms with van der Waals surface area (Å²) in [6.07, 6.45) is 4.07. The van der Waals surface area contributed by atoms with E-state index < -0.39 is 10.0 Å². The maximum atomic E-state index is 12.7. The van der Waals surface area contributed by atoms with E-state index in [2.05, 4.69) is 11.9 Å². The van der Waals surface area contributed by atoms with Crippen LogP contribution in [0, 0.1) is 0 Å². The minimum Gasteiger partial charge on any atom is -0.383 e. The van der Waals surface area contributed by atoms with Crippen LogP contribution >= 0.6 is 0 Å². The van der Waals surface area contributed by atoms with Crippen LogP contribution in [0.4, 0.5) is 0 Å². The molecular formula is C17H26N2O3S. The summed E-state index contributed by atoms with van der Waals surface area (Å²) in [5.74, 6) is 0. The van der Waals surface area contributed by atoms with Crippen LogP contribution in [-0.2, 0) is 14.8 Å². The van der Waals surface area contributed by atoms with E-state index >= 15 is 0 Å². The van der Waals surface area contributed by atoms with Gasteiger partial charge in [0.15, 0.2) is 0 Å². The normalized spacial score (nSPS) is 25.9. The van der Waals surface area contributed by atoms with E-state index in [9.17, 15) is 8.42 Å². The van der Waals surface area contributed by atoms with Crippen molar-refractivity contribution in [3.05, 3.63) is 30.3 Å². The van der Waals surface area contributed by atoms with Gasteiger partial charge < -0.3 is 4.74 Å². The Balaban J connectivity index is 1.70. The number of methoxy groups -OCH3 is 1. The van der Waals surface area contributed by atoms with Gasteiger partial charge in [0, 0.05) is 31.8 Å². The summed E-state index contributed by atoms with van der Waals surface area (Å²) in [5.41, 5.74) is 0.145. The summed E-state index contributed by atoms with van der Waals surface area (Å²) in [4.78, 5) is 2.83. The van der Waals surface area contributed by atoms with Crippen LogP contribution in [0.25, 0.3) is 0 Å². The van der Waals surface area contributed by atoms with E-state index in [-0.39, 0.29) is 5.54 Å². The van der Waals surface area contributed by atoms with Crippen molar-refractivity contribution in [2.24, 2.45) is 0 Å². The fraction of sp³-hybridized carbons (Fsp3) is 0.647. The number of sulfonamides is 1. The Bertz CT molecular complexity index is 624. The van der Waals surface area contributed by atoms with Crippen LogP contribution in [0.1, 0.15) is 25.7 Å². The lowest BCUT2D eigenvalue weighted by molar-refractivity contribution is 0.0454. The first-order valence-corrected chi connectivity index (χ1v) is 9.71. The number of piperidine rings is 1. The Labute approximate surface area is 139 Å². The molecule has 2 aliphatic heterocycles. The Hall–Kier alpha value is -0.950. The predicted octanol–water partition coefficient (Wildman–Crippen LogP) is 1.95. The summed E-state index contributed by atoms with van der Waals surface area (Å²) < 4.78 is 32.4. The molecule has 23 heavy (non-hydrogen) atoms. The molecule has 3 rings (SSSR count). The Kier molecular flexibility index (Phi) is 4.78. The minimum absolute atomic E-state index is 0.145. The van der Waals surface area contributed by atoms with Crippen LogP contribution in [-0.4, -0.2) is 63.1 Å². The first-order chi connectivity index (χ1) is 11.0. The first kappa shape index (κ1) is 16.9. The lowest BCUT2D eigenvalue weighted by Gasteiger charge is -2.44. The van der Waals surface area contributed by atoms with E-state index in [0.717, 1.165) is 32.3 Å². The maximum absolute atomic E-state index is 12.7. The zero-order valence-corrected chi connectivity index (χ0v) is 14.8. The molecule has 0 aromatic heterocycles. The quantitative estimate of drug-likeness (QED) is 0.842. The van der Waals surface area contributed by atoms with Crippen molar-refractivity contribution in [1.29, 1.82) is 0 Å². The standard InChI is InChI=1S/C17H26N2O3S/c1-18-15(14-22-2)8-9-17(18)10-12-19(13-11-17)23(20,21)16-6-4-3-5-7-16/h3-7,15H,8-14H2,1-2H3/t15-/m0/s1. The van der Waals surface area contributed by atoms with Gasteiger partial charge in [0.25, 0.3) is 0 Å². The van der Waals surface area contributed by atoms with Crippen molar-refractivity contribution < 1.29 is 13.2 Å². The third kappa shape index (κ3) is 3.05. The zero-order chi connectivity index (χ0) is 16.5. The topological polar surface area (TPSA) is 49.9 Å². The number of rotatable bonds is 4. The molecule has 0 unspecified atom stereocenters. The summed E-state index contributed by atoms with van der Waals surface area (Å²) in [5, 5.41) is 0. The number of likely N-dealkylation sites (tertiary alicyclic amines) is 1. The monoisotopic (exact) mass is 338 g/mol. The average Bonchev–Trinajstić information content (AvgIpc) is 2.86. The first-order valence-electron chi connectivity index (χ1n) is 8.27. The number of likely N-dealkylation sites (N-methyl/N-ethyl adjacent to an activating group) is 1. The summed E-state index contributed by atoms with van der Waals surface area (Å²) in [6.45, 7) is 1.95. The highest BCUT2D eigenvalue weighted by atomic mass is 32.2. The molecule has 2 saturated heterocycles. The van der Waals surface area contributed by atoms with Gasteiger partial charge in [0.2, 0.25) is 10.0 Å². The Morgan fingerprint density at radius 3 is 2.43 bits per heavy atom. The molecule has 1 aromatic carbocycles. The zero-order valence-electron chi connectivity index (χ0n) is 13.9. The van der Waals surface area contributed by atoms with Gasteiger partial charge in [-0.1, -0.05) is 18.2 Å². The highest BCUT2D eigenvalue weighted by Gasteiger charge is 2.47. The predicted molar refractivity (Wildman–Crippen MR) is 89.8 cm³/mol. The highest BCUT2D eigenvalue weighted by molar-refractivity contribution is 7.89. The van der Waals surface area contributed by atoms with Gasteiger partial charge in [0.05, 0.1) is 11.5 Å². The van der Waals surface area contributed by atoms with Crippen molar-refractivity contribution in [3.63, 3.8) is 0 Å². The maximum Gasteiger partial charge on any atom is 0.243 e. The van der Waals surface area contributed by atoms with Crippen molar-refractivity contribution in [2.45, 2.75) is 42.2 Å². The van der Waals surface area contributed by atoms with Crippen LogP contribution < -0.4 is 0 Å². The molecule has 0 aliphatic carbocycles. The van der Waals surface area contributed by atoms with Crippen LogP contribution in [0.3, 0.4) is 0 Å². The molecule has 1 atom stereocenters. The summed E-state index contributed by atoms with van der Waals surface area (Å²) >= 11 is 0. The summed E-state index contributed by atoms with van der Waals surface area (Å²) in [7, 11) is 0.549. The van der Waals surface area contributed by atoms with Crippen LogP contribution in [0.15, 0.2) is 35.2 Å². The average molecular weight is 338 g/mol. The second-order valence-corrected chi connectivity index (χ2v) is 8.64. The van der Waals surface area contributed by atoms with Gasteiger partial charge in [-0.25, -0.2) is 8.42 Å². The molecule has 0 N–H and O–H groups in total. The smallest absolute Gasteiger partial charge is 0.243 e.